The first-order valence-electron chi connectivity index (χ1n) is 6.00. The van der Waals surface area contributed by atoms with Crippen LogP contribution in [0.1, 0.15) is 0 Å². The molecule has 0 amide bonds. The van der Waals surface area contributed by atoms with Gasteiger partial charge in [-0.05, 0) is 36.4 Å². The standard InChI is InChI=1S/3C5H5N.CH4O.3BrH/c3*1-2-4-6-5-3-1;1-2;;;/h3*1-5H;2H,1H3;3*1H. The van der Waals surface area contributed by atoms with Crippen molar-refractivity contribution >= 4 is 50.9 Å². The van der Waals surface area contributed by atoms with Crippen LogP contribution in [0, 0.1) is 0 Å². The van der Waals surface area contributed by atoms with Gasteiger partial charge in [0.2, 0.25) is 0 Å². The van der Waals surface area contributed by atoms with Crippen molar-refractivity contribution in [1.82, 2.24) is 15.0 Å². The second-order valence-corrected chi connectivity index (χ2v) is 3.07. The Kier molecular flexibility index (Phi) is 37.5. The maximum absolute atomic E-state index is 7.00. The van der Waals surface area contributed by atoms with Gasteiger partial charge >= 0.3 is 0 Å². The molecule has 0 radical (unpaired) electrons. The molecule has 0 fully saturated rings. The van der Waals surface area contributed by atoms with Crippen LogP contribution in [0.5, 0.6) is 0 Å². The molecule has 0 aliphatic rings. The zero-order chi connectivity index (χ0) is 14.7. The van der Waals surface area contributed by atoms with Crippen LogP contribution in [0.25, 0.3) is 0 Å². The number of halogens is 3. The summed E-state index contributed by atoms with van der Waals surface area (Å²) in [6, 6.07) is 17.1. The fourth-order valence-electron chi connectivity index (χ4n) is 0.938. The molecule has 0 aromatic carbocycles. The maximum Gasteiger partial charge on any atom is 0.0319 e. The van der Waals surface area contributed by atoms with Gasteiger partial charge in [0.15, 0.2) is 0 Å². The van der Waals surface area contributed by atoms with Crippen molar-refractivity contribution in [2.45, 2.75) is 0 Å². The average molecular weight is 512 g/mol. The van der Waals surface area contributed by atoms with E-state index in [-0.39, 0.29) is 50.9 Å². The Morgan fingerprint density at radius 3 is 0.609 bits per heavy atom. The van der Waals surface area contributed by atoms with Crippen LogP contribution < -0.4 is 0 Å². The Labute approximate surface area is 169 Å². The zero-order valence-corrected chi connectivity index (χ0v) is 17.8. The van der Waals surface area contributed by atoms with E-state index in [1.54, 1.807) is 37.2 Å². The fraction of sp³-hybridized carbons (Fsp3) is 0.0625. The van der Waals surface area contributed by atoms with Crippen molar-refractivity contribution in [1.29, 1.82) is 0 Å². The van der Waals surface area contributed by atoms with Crippen molar-refractivity contribution in [3.63, 3.8) is 0 Å². The molecule has 0 spiro atoms. The molecule has 4 nitrogen and oxygen atoms in total. The van der Waals surface area contributed by atoms with Crippen LogP contribution in [0.15, 0.2) is 91.8 Å². The number of hydrogen-bond donors (Lipinski definition) is 1. The van der Waals surface area contributed by atoms with Gasteiger partial charge in [0, 0.05) is 44.3 Å². The first-order valence-corrected chi connectivity index (χ1v) is 6.00. The first-order chi connectivity index (χ1) is 10.0. The highest BCUT2D eigenvalue weighted by Crippen LogP contribution is 1.74. The second kappa shape index (κ2) is 28.9. The highest BCUT2D eigenvalue weighted by atomic mass is 79.9. The highest BCUT2D eigenvalue weighted by molar-refractivity contribution is 8.93. The molecule has 3 aromatic heterocycles. The van der Waals surface area contributed by atoms with Crippen LogP contribution in [0.2, 0.25) is 0 Å². The molecule has 3 rings (SSSR count). The lowest BCUT2D eigenvalue weighted by atomic mass is 10.5. The van der Waals surface area contributed by atoms with E-state index >= 15 is 0 Å². The number of aromatic nitrogens is 3. The van der Waals surface area contributed by atoms with Gasteiger partial charge in [-0.3, -0.25) is 15.0 Å². The lowest BCUT2D eigenvalue weighted by Gasteiger charge is -1.70. The molecule has 0 bridgehead atoms. The zero-order valence-electron chi connectivity index (χ0n) is 12.7. The lowest BCUT2D eigenvalue weighted by molar-refractivity contribution is 0.399. The van der Waals surface area contributed by atoms with Crippen LogP contribution in [0.3, 0.4) is 0 Å². The minimum absolute atomic E-state index is 0. The molecule has 23 heavy (non-hydrogen) atoms. The summed E-state index contributed by atoms with van der Waals surface area (Å²) in [5.74, 6) is 0. The normalized spacial score (nSPS) is 6.52. The van der Waals surface area contributed by atoms with Crippen LogP contribution in [-0.2, 0) is 0 Å². The van der Waals surface area contributed by atoms with Crippen LogP contribution in [0.4, 0.5) is 0 Å². The van der Waals surface area contributed by atoms with Gasteiger partial charge in [0.05, 0.1) is 0 Å². The molecular formula is C16H22Br3N3O. The van der Waals surface area contributed by atoms with E-state index in [4.69, 9.17) is 5.11 Å². The Bertz CT molecular complexity index is 321. The molecule has 128 valence electrons. The minimum Gasteiger partial charge on any atom is -0.400 e. The number of nitrogens with zero attached hydrogens (tertiary/aromatic N) is 3. The van der Waals surface area contributed by atoms with E-state index in [9.17, 15) is 0 Å². The van der Waals surface area contributed by atoms with Crippen molar-refractivity contribution in [2.75, 3.05) is 7.11 Å². The smallest absolute Gasteiger partial charge is 0.0319 e. The van der Waals surface area contributed by atoms with E-state index in [1.165, 1.54) is 0 Å². The Hall–Kier alpha value is -1.15. The molecule has 0 aliphatic carbocycles. The molecule has 0 saturated heterocycles. The number of aliphatic hydroxyl groups excluding tert-OH is 1. The minimum atomic E-state index is 0. The number of rotatable bonds is 0. The van der Waals surface area contributed by atoms with Gasteiger partial charge in [0.1, 0.15) is 0 Å². The quantitative estimate of drug-likeness (QED) is 0.479. The summed E-state index contributed by atoms with van der Waals surface area (Å²) in [6.07, 6.45) is 10.5. The predicted octanol–water partition coefficient (Wildman–Crippen LogP) is 4.59. The molecule has 0 aliphatic heterocycles. The summed E-state index contributed by atoms with van der Waals surface area (Å²) in [4.78, 5) is 11.4. The van der Waals surface area contributed by atoms with Crippen molar-refractivity contribution in [3.05, 3.63) is 91.8 Å². The maximum atomic E-state index is 7.00. The molecule has 3 aromatic rings. The summed E-state index contributed by atoms with van der Waals surface area (Å²) in [7, 11) is 1.00. The fourth-order valence-corrected chi connectivity index (χ4v) is 0.938. The van der Waals surface area contributed by atoms with Gasteiger partial charge in [-0.15, -0.1) is 50.9 Å². The lowest BCUT2D eigenvalue weighted by Crippen LogP contribution is -1.58. The second-order valence-electron chi connectivity index (χ2n) is 3.07. The van der Waals surface area contributed by atoms with E-state index in [0.717, 1.165) is 7.11 Å². The molecule has 3 heterocycles. The SMILES string of the molecule is Br.Br.Br.CO.c1ccncc1.c1ccncc1.c1ccncc1. The van der Waals surface area contributed by atoms with Crippen molar-refractivity contribution < 1.29 is 5.11 Å². The summed E-state index contributed by atoms with van der Waals surface area (Å²) in [5, 5.41) is 7.00. The molecule has 7 heteroatoms. The highest BCUT2D eigenvalue weighted by Gasteiger charge is 1.59. The Balaban J connectivity index is -0.000000105. The largest absolute Gasteiger partial charge is 0.400 e. The van der Waals surface area contributed by atoms with E-state index < -0.39 is 0 Å². The first kappa shape index (κ1) is 29.8. The summed E-state index contributed by atoms with van der Waals surface area (Å²) >= 11 is 0. The summed E-state index contributed by atoms with van der Waals surface area (Å²) < 4.78 is 0. The molecule has 0 saturated carbocycles. The van der Waals surface area contributed by atoms with Crippen molar-refractivity contribution in [2.24, 2.45) is 0 Å². The van der Waals surface area contributed by atoms with Gasteiger partial charge < -0.3 is 5.11 Å². The molecule has 1 N–H and O–H groups in total. The van der Waals surface area contributed by atoms with E-state index in [1.807, 2.05) is 54.6 Å². The predicted molar refractivity (Wildman–Crippen MR) is 112 cm³/mol. The third kappa shape index (κ3) is 26.1. The Morgan fingerprint density at radius 1 is 0.391 bits per heavy atom. The molecule has 0 atom stereocenters. The third-order valence-corrected chi connectivity index (χ3v) is 1.70. The topological polar surface area (TPSA) is 58.9 Å². The van der Waals surface area contributed by atoms with Gasteiger partial charge in [-0.2, -0.15) is 0 Å². The number of aliphatic hydroxyl groups is 1. The number of pyridine rings is 3. The monoisotopic (exact) mass is 509 g/mol. The van der Waals surface area contributed by atoms with Crippen LogP contribution >= 0.6 is 50.9 Å². The van der Waals surface area contributed by atoms with Crippen molar-refractivity contribution in [3.8, 4) is 0 Å². The van der Waals surface area contributed by atoms with Gasteiger partial charge in [-0.1, -0.05) is 18.2 Å². The third-order valence-electron chi connectivity index (χ3n) is 1.70. The summed E-state index contributed by atoms with van der Waals surface area (Å²) in [5.41, 5.74) is 0. The van der Waals surface area contributed by atoms with E-state index in [0.29, 0.717) is 0 Å². The number of hydrogen-bond acceptors (Lipinski definition) is 4. The van der Waals surface area contributed by atoms with E-state index in [2.05, 4.69) is 15.0 Å². The van der Waals surface area contributed by atoms with Crippen LogP contribution in [-0.4, -0.2) is 27.2 Å². The summed E-state index contributed by atoms with van der Waals surface area (Å²) in [6.45, 7) is 0. The Morgan fingerprint density at radius 2 is 0.565 bits per heavy atom. The average Bonchev–Trinajstić information content (AvgIpc) is 2.62. The van der Waals surface area contributed by atoms with Gasteiger partial charge in [0.25, 0.3) is 0 Å². The molecule has 0 unspecified atom stereocenters. The molecular weight excluding hydrogens is 490 g/mol. The van der Waals surface area contributed by atoms with Gasteiger partial charge in [-0.25, -0.2) is 0 Å².